The van der Waals surface area contributed by atoms with E-state index in [-0.39, 0.29) is 5.82 Å². The molecule has 0 spiro atoms. The summed E-state index contributed by atoms with van der Waals surface area (Å²) in [6, 6.07) is 5.91. The molecule has 1 aliphatic rings. The van der Waals surface area contributed by atoms with E-state index in [1.54, 1.807) is 12.1 Å². The van der Waals surface area contributed by atoms with Crippen molar-refractivity contribution in [3.05, 3.63) is 34.1 Å². The van der Waals surface area contributed by atoms with Gasteiger partial charge >= 0.3 is 0 Å². The molecule has 2 unspecified atom stereocenters. The molecule has 0 aromatic heterocycles. The molecule has 0 bridgehead atoms. The quantitative estimate of drug-likeness (QED) is 0.836. The minimum atomic E-state index is -0.188. The maximum atomic E-state index is 13.2. The molecule has 0 saturated carbocycles. The van der Waals surface area contributed by atoms with Crippen molar-refractivity contribution in [3.63, 3.8) is 0 Å². The lowest BCUT2D eigenvalue weighted by molar-refractivity contribution is 0.192. The lowest BCUT2D eigenvalue weighted by Crippen LogP contribution is -2.39. The molecule has 1 aromatic rings. The molecule has 2 atom stereocenters. The van der Waals surface area contributed by atoms with Crippen LogP contribution in [0.5, 0.6) is 0 Å². The Morgan fingerprint density at radius 3 is 2.90 bits per heavy atom. The number of halogens is 2. The van der Waals surface area contributed by atoms with Crippen LogP contribution in [0.3, 0.4) is 0 Å². The fourth-order valence-electron chi connectivity index (χ4n) is 2.96. The second-order valence-electron chi connectivity index (χ2n) is 5.63. The van der Waals surface area contributed by atoms with E-state index in [1.807, 2.05) is 6.07 Å². The molecule has 0 aliphatic carbocycles. The molecule has 112 valence electrons. The van der Waals surface area contributed by atoms with Crippen molar-refractivity contribution in [1.82, 2.24) is 10.2 Å². The van der Waals surface area contributed by atoms with E-state index in [4.69, 9.17) is 0 Å². The summed E-state index contributed by atoms with van der Waals surface area (Å²) in [5, 5.41) is 3.56. The summed E-state index contributed by atoms with van der Waals surface area (Å²) >= 11 is 3.50. The van der Waals surface area contributed by atoms with Crippen LogP contribution >= 0.6 is 15.9 Å². The van der Waals surface area contributed by atoms with Crippen LogP contribution in [-0.4, -0.2) is 30.6 Å². The van der Waals surface area contributed by atoms with Gasteiger partial charge in [0, 0.05) is 23.1 Å². The van der Waals surface area contributed by atoms with Crippen molar-refractivity contribution >= 4 is 15.9 Å². The van der Waals surface area contributed by atoms with Gasteiger partial charge in [-0.1, -0.05) is 28.9 Å². The van der Waals surface area contributed by atoms with Gasteiger partial charge in [-0.15, -0.1) is 0 Å². The second-order valence-corrected chi connectivity index (χ2v) is 6.48. The molecule has 0 radical (unpaired) electrons. The van der Waals surface area contributed by atoms with Gasteiger partial charge in [-0.2, -0.15) is 0 Å². The minimum Gasteiger partial charge on any atom is -0.313 e. The lowest BCUT2D eigenvalue weighted by atomic mass is 10.1. The molecular weight excluding hydrogens is 319 g/mol. The van der Waals surface area contributed by atoms with Gasteiger partial charge in [0.05, 0.1) is 0 Å². The summed E-state index contributed by atoms with van der Waals surface area (Å²) in [4.78, 5) is 2.50. The highest BCUT2D eigenvalue weighted by molar-refractivity contribution is 9.10. The smallest absolute Gasteiger partial charge is 0.124 e. The number of nitrogens with zero attached hydrogens (tertiary/aromatic N) is 1. The normalized spacial score (nSPS) is 20.6. The molecule has 1 saturated heterocycles. The highest BCUT2D eigenvalue weighted by Crippen LogP contribution is 2.29. The fraction of sp³-hybridized carbons (Fsp3) is 0.625. The molecule has 1 aromatic carbocycles. The summed E-state index contributed by atoms with van der Waals surface area (Å²) in [5.41, 5.74) is 1.16. The van der Waals surface area contributed by atoms with Crippen LogP contribution in [0.15, 0.2) is 22.7 Å². The maximum absolute atomic E-state index is 13.2. The summed E-state index contributed by atoms with van der Waals surface area (Å²) in [7, 11) is 0. The van der Waals surface area contributed by atoms with Crippen molar-refractivity contribution in [2.75, 3.05) is 19.6 Å². The third kappa shape index (κ3) is 4.03. The monoisotopic (exact) mass is 342 g/mol. The van der Waals surface area contributed by atoms with Crippen LogP contribution in [0.4, 0.5) is 4.39 Å². The van der Waals surface area contributed by atoms with Crippen molar-refractivity contribution < 1.29 is 4.39 Å². The Kier molecular flexibility index (Phi) is 6.00. The Balaban J connectivity index is 2.10. The maximum Gasteiger partial charge on any atom is 0.124 e. The SMILES string of the molecule is CCCN(CC1CCCN1)C(C)c1ccc(F)cc1Br. The van der Waals surface area contributed by atoms with E-state index in [0.717, 1.165) is 36.1 Å². The number of hydrogen-bond donors (Lipinski definition) is 1. The number of benzene rings is 1. The van der Waals surface area contributed by atoms with Gasteiger partial charge in [-0.25, -0.2) is 4.39 Å². The first kappa shape index (κ1) is 15.9. The van der Waals surface area contributed by atoms with E-state index in [0.29, 0.717) is 12.1 Å². The van der Waals surface area contributed by atoms with Crippen molar-refractivity contribution in [1.29, 1.82) is 0 Å². The topological polar surface area (TPSA) is 15.3 Å². The average Bonchev–Trinajstić information content (AvgIpc) is 2.90. The highest BCUT2D eigenvalue weighted by atomic mass is 79.9. The zero-order chi connectivity index (χ0) is 14.5. The molecule has 2 nitrogen and oxygen atoms in total. The first-order chi connectivity index (χ1) is 9.61. The van der Waals surface area contributed by atoms with E-state index in [1.165, 1.54) is 12.8 Å². The minimum absolute atomic E-state index is 0.188. The number of rotatable bonds is 6. The van der Waals surface area contributed by atoms with Crippen LogP contribution in [0.1, 0.15) is 44.7 Å². The van der Waals surface area contributed by atoms with Crippen LogP contribution in [0.2, 0.25) is 0 Å². The summed E-state index contributed by atoms with van der Waals surface area (Å²) in [6.07, 6.45) is 3.67. The Bertz CT molecular complexity index is 432. The predicted octanol–water partition coefficient (Wildman–Crippen LogP) is 4.11. The highest BCUT2D eigenvalue weighted by Gasteiger charge is 2.23. The van der Waals surface area contributed by atoms with Gasteiger partial charge < -0.3 is 5.32 Å². The van der Waals surface area contributed by atoms with E-state index < -0.39 is 0 Å². The third-order valence-electron chi connectivity index (χ3n) is 4.09. The van der Waals surface area contributed by atoms with E-state index >= 15 is 0 Å². The second kappa shape index (κ2) is 7.53. The van der Waals surface area contributed by atoms with Gasteiger partial charge in [0.15, 0.2) is 0 Å². The van der Waals surface area contributed by atoms with E-state index in [2.05, 4.69) is 40.0 Å². The van der Waals surface area contributed by atoms with Crippen molar-refractivity contribution in [2.24, 2.45) is 0 Å². The molecule has 1 aliphatic heterocycles. The lowest BCUT2D eigenvalue weighted by Gasteiger charge is -2.32. The molecule has 1 fully saturated rings. The third-order valence-corrected chi connectivity index (χ3v) is 4.78. The Labute approximate surface area is 129 Å². The molecule has 1 heterocycles. The standard InChI is InChI=1S/C16H24BrFN2/c1-3-9-20(11-14-5-4-8-19-14)12(2)15-7-6-13(18)10-16(15)17/h6-7,10,12,14,19H,3-5,8-9,11H2,1-2H3. The summed E-state index contributed by atoms with van der Waals surface area (Å²) in [5.74, 6) is -0.188. The average molecular weight is 343 g/mol. The van der Waals surface area contributed by atoms with Crippen LogP contribution < -0.4 is 5.32 Å². The molecule has 4 heteroatoms. The first-order valence-electron chi connectivity index (χ1n) is 7.54. The van der Waals surface area contributed by atoms with Crippen LogP contribution in [0.25, 0.3) is 0 Å². The summed E-state index contributed by atoms with van der Waals surface area (Å²) in [6.45, 7) is 7.70. The first-order valence-corrected chi connectivity index (χ1v) is 8.33. The zero-order valence-corrected chi connectivity index (χ0v) is 13.9. The number of hydrogen-bond acceptors (Lipinski definition) is 2. The van der Waals surface area contributed by atoms with Gasteiger partial charge in [-0.05, 0) is 57.0 Å². The van der Waals surface area contributed by atoms with Crippen molar-refractivity contribution in [3.8, 4) is 0 Å². The molecule has 20 heavy (non-hydrogen) atoms. The van der Waals surface area contributed by atoms with E-state index in [9.17, 15) is 4.39 Å². The molecule has 0 amide bonds. The van der Waals surface area contributed by atoms with Crippen LogP contribution in [-0.2, 0) is 0 Å². The van der Waals surface area contributed by atoms with Crippen molar-refractivity contribution in [2.45, 2.75) is 45.2 Å². The number of nitrogens with one attached hydrogen (secondary N) is 1. The Hall–Kier alpha value is -0.450. The Morgan fingerprint density at radius 1 is 1.50 bits per heavy atom. The molecular formula is C16H24BrFN2. The van der Waals surface area contributed by atoms with Crippen LogP contribution in [0, 0.1) is 5.82 Å². The summed E-state index contributed by atoms with van der Waals surface area (Å²) < 4.78 is 14.1. The predicted molar refractivity (Wildman–Crippen MR) is 85.4 cm³/mol. The Morgan fingerprint density at radius 2 is 2.30 bits per heavy atom. The molecule has 2 rings (SSSR count). The zero-order valence-electron chi connectivity index (χ0n) is 12.3. The fourth-order valence-corrected chi connectivity index (χ4v) is 3.65. The van der Waals surface area contributed by atoms with Gasteiger partial charge in [-0.3, -0.25) is 4.90 Å². The van der Waals surface area contributed by atoms with Gasteiger partial charge in [0.25, 0.3) is 0 Å². The largest absolute Gasteiger partial charge is 0.313 e. The van der Waals surface area contributed by atoms with Gasteiger partial charge in [0.1, 0.15) is 5.82 Å². The van der Waals surface area contributed by atoms with Gasteiger partial charge in [0.2, 0.25) is 0 Å². The molecule has 1 N–H and O–H groups in total.